The highest BCUT2D eigenvalue weighted by Gasteiger charge is 2.35. The highest BCUT2D eigenvalue weighted by molar-refractivity contribution is 6.33. The van der Waals surface area contributed by atoms with E-state index in [4.69, 9.17) is 16.3 Å². The largest absolute Gasteiger partial charge is 0.489 e. The third-order valence-electron chi connectivity index (χ3n) is 4.92. The Morgan fingerprint density at radius 1 is 1.35 bits per heavy atom. The number of aromatic nitrogens is 2. The number of halogens is 3. The molecule has 1 fully saturated rings. The first-order chi connectivity index (χ1) is 12.4. The number of carbonyl (C=O) groups excluding carboxylic acids is 1. The zero-order valence-electron chi connectivity index (χ0n) is 14.0. The van der Waals surface area contributed by atoms with Crippen molar-refractivity contribution in [3.63, 3.8) is 0 Å². The van der Waals surface area contributed by atoms with Crippen molar-refractivity contribution in [1.29, 1.82) is 0 Å². The van der Waals surface area contributed by atoms with Gasteiger partial charge in [-0.25, -0.2) is 13.8 Å². The van der Waals surface area contributed by atoms with E-state index < -0.39 is 5.92 Å². The number of nitrogens with zero attached hydrogens (tertiary/aromatic N) is 2. The zero-order valence-corrected chi connectivity index (χ0v) is 14.7. The van der Waals surface area contributed by atoms with Crippen LogP contribution in [0.25, 0.3) is 11.3 Å². The maximum absolute atomic E-state index is 13.3. The zero-order chi connectivity index (χ0) is 18.3. The molecule has 1 saturated carbocycles. The summed E-state index contributed by atoms with van der Waals surface area (Å²) in [5, 5.41) is 3.19. The Morgan fingerprint density at radius 2 is 2.12 bits per heavy atom. The number of nitrogens with one attached hydrogen (secondary N) is 1. The summed E-state index contributed by atoms with van der Waals surface area (Å²) in [6, 6.07) is 3.02. The highest BCUT2D eigenvalue weighted by Crippen LogP contribution is 2.39. The molecule has 2 aliphatic rings. The molecule has 5 nitrogen and oxygen atoms in total. The quantitative estimate of drug-likeness (QED) is 0.858. The van der Waals surface area contributed by atoms with Crippen molar-refractivity contribution in [2.75, 3.05) is 6.61 Å². The Hall–Kier alpha value is -2.15. The van der Waals surface area contributed by atoms with Gasteiger partial charge in [-0.2, -0.15) is 0 Å². The summed E-state index contributed by atoms with van der Waals surface area (Å²) in [7, 11) is 0. The molecule has 1 aromatic heterocycles. The van der Waals surface area contributed by atoms with E-state index in [1.807, 2.05) is 4.57 Å². The van der Waals surface area contributed by atoms with Gasteiger partial charge in [-0.1, -0.05) is 11.6 Å². The second-order valence-electron chi connectivity index (χ2n) is 6.76. The van der Waals surface area contributed by atoms with Crippen LogP contribution in [-0.2, 0) is 6.54 Å². The molecule has 0 spiro atoms. The molecule has 138 valence electrons. The Labute approximate surface area is 154 Å². The average Bonchev–Trinajstić information content (AvgIpc) is 2.99. The fourth-order valence-corrected chi connectivity index (χ4v) is 3.76. The fraction of sp³-hybridized carbons (Fsp3) is 0.444. The number of hydrogen-bond donors (Lipinski definition) is 1. The third-order valence-corrected chi connectivity index (χ3v) is 5.21. The van der Waals surface area contributed by atoms with Crippen molar-refractivity contribution in [2.24, 2.45) is 0 Å². The van der Waals surface area contributed by atoms with Crippen molar-refractivity contribution < 1.29 is 18.3 Å². The van der Waals surface area contributed by atoms with Crippen LogP contribution in [0.2, 0.25) is 5.02 Å². The van der Waals surface area contributed by atoms with Gasteiger partial charge in [0.1, 0.15) is 12.4 Å². The lowest BCUT2D eigenvalue weighted by molar-refractivity contribution is -0.0399. The van der Waals surface area contributed by atoms with Gasteiger partial charge >= 0.3 is 0 Å². The summed E-state index contributed by atoms with van der Waals surface area (Å²) < 4.78 is 34.2. The normalized spacial score (nSPS) is 19.0. The molecular formula is C18H18ClF2N3O2. The molecule has 2 heterocycles. The first-order valence-electron chi connectivity index (χ1n) is 8.58. The van der Waals surface area contributed by atoms with Crippen LogP contribution >= 0.6 is 11.6 Å². The molecule has 26 heavy (non-hydrogen) atoms. The SMILES string of the molecule is O=C(NC1CCC(F)(F)CC1)c1cc(Cl)c2c(c1)-c1cncn1CCO2. The van der Waals surface area contributed by atoms with Crippen LogP contribution < -0.4 is 10.1 Å². The predicted octanol–water partition coefficient (Wildman–Crippen LogP) is 3.90. The van der Waals surface area contributed by atoms with E-state index in [9.17, 15) is 13.6 Å². The number of amides is 1. The van der Waals surface area contributed by atoms with E-state index in [1.165, 1.54) is 0 Å². The monoisotopic (exact) mass is 381 g/mol. The smallest absolute Gasteiger partial charge is 0.251 e. The van der Waals surface area contributed by atoms with E-state index in [-0.39, 0.29) is 37.6 Å². The molecule has 0 unspecified atom stereocenters. The maximum Gasteiger partial charge on any atom is 0.251 e. The average molecular weight is 382 g/mol. The van der Waals surface area contributed by atoms with Crippen molar-refractivity contribution in [2.45, 2.75) is 44.2 Å². The maximum atomic E-state index is 13.3. The van der Waals surface area contributed by atoms with Crippen LogP contribution in [0, 0.1) is 0 Å². The second-order valence-corrected chi connectivity index (χ2v) is 7.17. The Balaban J connectivity index is 1.59. The van der Waals surface area contributed by atoms with E-state index in [0.29, 0.717) is 35.1 Å². The minimum Gasteiger partial charge on any atom is -0.489 e. The molecule has 1 aliphatic carbocycles. The van der Waals surface area contributed by atoms with Crippen LogP contribution in [0.3, 0.4) is 0 Å². The van der Waals surface area contributed by atoms with E-state index in [1.54, 1.807) is 24.7 Å². The Kier molecular flexibility index (Phi) is 4.34. The molecule has 0 radical (unpaired) electrons. The minimum absolute atomic E-state index is 0.198. The number of ether oxygens (including phenoxy) is 1. The lowest BCUT2D eigenvalue weighted by atomic mass is 9.92. The van der Waals surface area contributed by atoms with Crippen molar-refractivity contribution >= 4 is 17.5 Å². The molecule has 1 aliphatic heterocycles. The first kappa shape index (κ1) is 17.3. The Morgan fingerprint density at radius 3 is 2.88 bits per heavy atom. The molecule has 0 bridgehead atoms. The van der Waals surface area contributed by atoms with Gasteiger partial charge in [0.15, 0.2) is 0 Å². The van der Waals surface area contributed by atoms with Gasteiger partial charge in [-0.3, -0.25) is 4.79 Å². The number of benzene rings is 1. The lowest BCUT2D eigenvalue weighted by Gasteiger charge is -2.28. The molecule has 8 heteroatoms. The summed E-state index contributed by atoms with van der Waals surface area (Å²) >= 11 is 6.34. The molecule has 1 aromatic carbocycles. The number of rotatable bonds is 2. The number of fused-ring (bicyclic) bond motifs is 3. The van der Waals surface area contributed by atoms with Gasteiger partial charge in [0.05, 0.1) is 29.8 Å². The number of hydrogen-bond acceptors (Lipinski definition) is 3. The number of alkyl halides is 2. The van der Waals surface area contributed by atoms with Gasteiger partial charge in [0.25, 0.3) is 5.91 Å². The van der Waals surface area contributed by atoms with E-state index in [0.717, 1.165) is 5.69 Å². The molecular weight excluding hydrogens is 364 g/mol. The summed E-state index contributed by atoms with van der Waals surface area (Å²) in [5.41, 5.74) is 1.91. The number of imidazole rings is 1. The van der Waals surface area contributed by atoms with Gasteiger partial charge in [-0.05, 0) is 25.0 Å². The molecule has 1 N–H and O–H groups in total. The standard InChI is InChI=1S/C18H18ClF2N3O2/c19-14-8-11(17(25)23-12-1-3-18(20,21)4-2-12)7-13-15-9-22-10-24(15)5-6-26-16(13)14/h7-10,12H,1-6H2,(H,23,25). The fourth-order valence-electron chi connectivity index (χ4n) is 3.48. The predicted molar refractivity (Wildman–Crippen MR) is 92.8 cm³/mol. The second kappa shape index (κ2) is 6.54. The highest BCUT2D eigenvalue weighted by atomic mass is 35.5. The number of carbonyl (C=O) groups is 1. The first-order valence-corrected chi connectivity index (χ1v) is 8.96. The van der Waals surface area contributed by atoms with Crippen LogP contribution in [0.1, 0.15) is 36.0 Å². The van der Waals surface area contributed by atoms with E-state index >= 15 is 0 Å². The lowest BCUT2D eigenvalue weighted by Crippen LogP contribution is -2.40. The molecule has 0 saturated heterocycles. The van der Waals surface area contributed by atoms with Crippen molar-refractivity contribution in [3.8, 4) is 17.0 Å². The minimum atomic E-state index is -2.62. The van der Waals surface area contributed by atoms with Crippen molar-refractivity contribution in [1.82, 2.24) is 14.9 Å². The summed E-state index contributed by atoms with van der Waals surface area (Å²) in [4.78, 5) is 16.8. The molecule has 0 atom stereocenters. The summed E-state index contributed by atoms with van der Waals surface area (Å²) in [5.74, 6) is -2.41. The van der Waals surface area contributed by atoms with Crippen LogP contribution in [0.5, 0.6) is 5.75 Å². The summed E-state index contributed by atoms with van der Waals surface area (Å²) in [6.07, 6.45) is 3.55. The third kappa shape index (κ3) is 3.28. The van der Waals surface area contributed by atoms with Gasteiger partial charge in [0.2, 0.25) is 5.92 Å². The van der Waals surface area contributed by atoms with Crippen molar-refractivity contribution in [3.05, 3.63) is 35.2 Å². The van der Waals surface area contributed by atoms with Gasteiger partial charge < -0.3 is 14.6 Å². The molecule has 2 aromatic rings. The molecule has 4 rings (SSSR count). The molecule has 1 amide bonds. The Bertz CT molecular complexity index is 843. The van der Waals surface area contributed by atoms with Crippen LogP contribution in [0.4, 0.5) is 8.78 Å². The summed E-state index contributed by atoms with van der Waals surface area (Å²) in [6.45, 7) is 1.09. The van der Waals surface area contributed by atoms with E-state index in [2.05, 4.69) is 10.3 Å². The van der Waals surface area contributed by atoms with Gasteiger partial charge in [-0.15, -0.1) is 0 Å². The van der Waals surface area contributed by atoms with Crippen LogP contribution in [0.15, 0.2) is 24.7 Å². The van der Waals surface area contributed by atoms with Crippen LogP contribution in [-0.4, -0.2) is 34.0 Å². The van der Waals surface area contributed by atoms with Gasteiger partial charge in [0, 0.05) is 30.0 Å². The topological polar surface area (TPSA) is 56.2 Å².